The minimum Gasteiger partial charge on any atom is -0.367 e. The predicted octanol–water partition coefficient (Wildman–Crippen LogP) is 2.33. The van der Waals surface area contributed by atoms with Crippen molar-refractivity contribution in [1.29, 1.82) is 0 Å². The van der Waals surface area contributed by atoms with Crippen LogP contribution in [0.4, 0.5) is 11.4 Å². The number of anilines is 1. The number of rotatable bonds is 1. The van der Waals surface area contributed by atoms with Crippen LogP contribution < -0.4 is 10.2 Å². The molecule has 27 heavy (non-hydrogen) atoms. The van der Waals surface area contributed by atoms with Crippen LogP contribution >= 0.6 is 0 Å². The zero-order valence-corrected chi connectivity index (χ0v) is 14.5. The van der Waals surface area contributed by atoms with Crippen LogP contribution in [0.1, 0.15) is 34.3 Å². The van der Waals surface area contributed by atoms with Gasteiger partial charge in [-0.05, 0) is 42.5 Å². The van der Waals surface area contributed by atoms with Gasteiger partial charge in [0.1, 0.15) is 0 Å². The Morgan fingerprint density at radius 3 is 2.81 bits per heavy atom. The Hall–Kier alpha value is -3.22. The highest BCUT2D eigenvalue weighted by atomic mass is 16.6. The summed E-state index contributed by atoms with van der Waals surface area (Å²) in [5.41, 5.74) is 2.08. The van der Waals surface area contributed by atoms with Crippen LogP contribution in [0.2, 0.25) is 0 Å². The SMILES string of the molecule is O=C1NC(=O)[C@@]2(Cc3cc([N+](=O)[O-])ccc3N3CCC[C@H]32)c2ccccc21. The fourth-order valence-electron chi connectivity index (χ4n) is 5.07. The van der Waals surface area contributed by atoms with E-state index in [4.69, 9.17) is 0 Å². The molecule has 7 heteroatoms. The van der Waals surface area contributed by atoms with Crippen LogP contribution in [0.3, 0.4) is 0 Å². The van der Waals surface area contributed by atoms with Crippen molar-refractivity contribution in [2.24, 2.45) is 0 Å². The molecule has 2 aromatic rings. The van der Waals surface area contributed by atoms with Crippen molar-refractivity contribution in [1.82, 2.24) is 5.32 Å². The van der Waals surface area contributed by atoms with Gasteiger partial charge in [0.15, 0.2) is 0 Å². The zero-order chi connectivity index (χ0) is 18.8. The predicted molar refractivity (Wildman–Crippen MR) is 97.8 cm³/mol. The first-order chi connectivity index (χ1) is 13.0. The molecule has 2 aromatic carbocycles. The summed E-state index contributed by atoms with van der Waals surface area (Å²) >= 11 is 0. The lowest BCUT2D eigenvalue weighted by molar-refractivity contribution is -0.384. The van der Waals surface area contributed by atoms with Gasteiger partial charge in [0.25, 0.3) is 11.6 Å². The Morgan fingerprint density at radius 2 is 2.00 bits per heavy atom. The Labute approximate surface area is 155 Å². The van der Waals surface area contributed by atoms with E-state index < -0.39 is 10.3 Å². The zero-order valence-electron chi connectivity index (χ0n) is 14.5. The summed E-state index contributed by atoms with van der Waals surface area (Å²) in [5, 5.41) is 13.8. The van der Waals surface area contributed by atoms with E-state index in [2.05, 4.69) is 10.2 Å². The second-order valence-electron chi connectivity index (χ2n) is 7.40. The van der Waals surface area contributed by atoms with Gasteiger partial charge in [0.2, 0.25) is 5.91 Å². The van der Waals surface area contributed by atoms with Gasteiger partial charge in [-0.2, -0.15) is 0 Å². The van der Waals surface area contributed by atoms with Gasteiger partial charge < -0.3 is 4.90 Å². The van der Waals surface area contributed by atoms with Crippen LogP contribution in [0.25, 0.3) is 0 Å². The Morgan fingerprint density at radius 1 is 1.19 bits per heavy atom. The molecule has 5 rings (SSSR count). The lowest BCUT2D eigenvalue weighted by Gasteiger charge is -2.49. The van der Waals surface area contributed by atoms with Gasteiger partial charge in [-0.25, -0.2) is 0 Å². The molecule has 1 spiro atoms. The molecular formula is C20H17N3O4. The molecule has 0 unspecified atom stereocenters. The lowest BCUT2D eigenvalue weighted by atomic mass is 9.63. The number of nitrogens with zero attached hydrogens (tertiary/aromatic N) is 2. The number of amides is 2. The first kappa shape index (κ1) is 16.0. The molecule has 0 aromatic heterocycles. The molecular weight excluding hydrogens is 346 g/mol. The van der Waals surface area contributed by atoms with E-state index in [1.165, 1.54) is 6.07 Å². The Kier molecular flexibility index (Phi) is 3.19. The fourth-order valence-corrected chi connectivity index (χ4v) is 5.07. The van der Waals surface area contributed by atoms with Crippen LogP contribution in [-0.4, -0.2) is 29.3 Å². The number of imide groups is 1. The monoisotopic (exact) mass is 363 g/mol. The maximum atomic E-state index is 13.2. The van der Waals surface area contributed by atoms with E-state index in [1.807, 2.05) is 12.1 Å². The summed E-state index contributed by atoms with van der Waals surface area (Å²) in [6, 6.07) is 12.0. The third kappa shape index (κ3) is 2.02. The first-order valence-corrected chi connectivity index (χ1v) is 9.01. The molecule has 0 bridgehead atoms. The second-order valence-corrected chi connectivity index (χ2v) is 7.40. The van der Waals surface area contributed by atoms with Crippen molar-refractivity contribution in [3.8, 4) is 0 Å². The molecule has 0 aliphatic carbocycles. The van der Waals surface area contributed by atoms with Crippen molar-refractivity contribution >= 4 is 23.2 Å². The molecule has 0 radical (unpaired) electrons. The van der Waals surface area contributed by atoms with E-state index in [0.717, 1.165) is 36.2 Å². The number of nitro groups is 1. The van der Waals surface area contributed by atoms with Gasteiger partial charge in [0, 0.05) is 36.0 Å². The number of carbonyl (C=O) groups excluding carboxylic acids is 2. The molecule has 1 N–H and O–H groups in total. The van der Waals surface area contributed by atoms with Crippen molar-refractivity contribution in [3.63, 3.8) is 0 Å². The Balaban J connectivity index is 1.77. The van der Waals surface area contributed by atoms with Crippen molar-refractivity contribution in [3.05, 3.63) is 69.3 Å². The minimum absolute atomic E-state index is 0.0159. The highest BCUT2D eigenvalue weighted by Crippen LogP contribution is 2.50. The van der Waals surface area contributed by atoms with Crippen molar-refractivity contribution in [2.45, 2.75) is 30.7 Å². The standard InChI is InChI=1S/C20H17N3O4/c24-18-14-4-1-2-5-15(14)20(19(25)21-18)11-12-10-13(23(26)27)7-8-16(12)22-9-3-6-17(20)22/h1-2,4-5,7-8,10,17H,3,6,9,11H2,(H,21,24,25)/t17-,20-/m0/s1. The quantitative estimate of drug-likeness (QED) is 0.477. The first-order valence-electron chi connectivity index (χ1n) is 9.01. The van der Waals surface area contributed by atoms with Crippen molar-refractivity contribution in [2.75, 3.05) is 11.4 Å². The number of nitrogens with one attached hydrogen (secondary N) is 1. The smallest absolute Gasteiger partial charge is 0.269 e. The summed E-state index contributed by atoms with van der Waals surface area (Å²) in [7, 11) is 0. The molecule has 0 saturated carbocycles. The molecule has 1 saturated heterocycles. The highest BCUT2D eigenvalue weighted by molar-refractivity contribution is 6.14. The largest absolute Gasteiger partial charge is 0.367 e. The molecule has 2 atom stereocenters. The molecule has 3 heterocycles. The minimum atomic E-state index is -0.913. The Bertz CT molecular complexity index is 1020. The molecule has 2 amide bonds. The van der Waals surface area contributed by atoms with E-state index in [1.54, 1.807) is 24.3 Å². The number of carbonyl (C=O) groups is 2. The number of hydrogen-bond acceptors (Lipinski definition) is 5. The third-order valence-electron chi connectivity index (χ3n) is 6.16. The van der Waals surface area contributed by atoms with Crippen LogP contribution in [0.5, 0.6) is 0 Å². The van der Waals surface area contributed by atoms with Crippen molar-refractivity contribution < 1.29 is 14.5 Å². The summed E-state index contributed by atoms with van der Waals surface area (Å²) < 4.78 is 0. The molecule has 136 valence electrons. The molecule has 1 fully saturated rings. The fraction of sp³-hybridized carbons (Fsp3) is 0.300. The summed E-state index contributed by atoms with van der Waals surface area (Å²) in [6.45, 7) is 0.792. The normalized spacial score (nSPS) is 25.6. The number of non-ortho nitro benzene ring substituents is 1. The number of fused-ring (bicyclic) bond motifs is 6. The summed E-state index contributed by atoms with van der Waals surface area (Å²) in [6.07, 6.45) is 2.12. The van der Waals surface area contributed by atoms with Crippen LogP contribution in [0, 0.1) is 10.1 Å². The maximum Gasteiger partial charge on any atom is 0.269 e. The van der Waals surface area contributed by atoms with Crippen LogP contribution in [0.15, 0.2) is 42.5 Å². The molecule has 7 nitrogen and oxygen atoms in total. The summed E-state index contributed by atoms with van der Waals surface area (Å²) in [5.74, 6) is -0.684. The van der Waals surface area contributed by atoms with E-state index in [9.17, 15) is 19.7 Å². The highest BCUT2D eigenvalue weighted by Gasteiger charge is 2.57. The molecule has 3 aliphatic heterocycles. The van der Waals surface area contributed by atoms with Crippen LogP contribution in [-0.2, 0) is 16.6 Å². The lowest BCUT2D eigenvalue weighted by Crippen LogP contribution is -2.64. The third-order valence-corrected chi connectivity index (χ3v) is 6.16. The number of benzene rings is 2. The van der Waals surface area contributed by atoms with E-state index >= 15 is 0 Å². The van der Waals surface area contributed by atoms with Gasteiger partial charge >= 0.3 is 0 Å². The van der Waals surface area contributed by atoms with Gasteiger partial charge in [-0.1, -0.05) is 18.2 Å². The van der Waals surface area contributed by atoms with Gasteiger partial charge in [0.05, 0.1) is 10.3 Å². The summed E-state index contributed by atoms with van der Waals surface area (Å²) in [4.78, 5) is 38.6. The van der Waals surface area contributed by atoms with Gasteiger partial charge in [-0.15, -0.1) is 0 Å². The number of nitro benzene ring substituents is 1. The second kappa shape index (κ2) is 5.39. The maximum absolute atomic E-state index is 13.2. The topological polar surface area (TPSA) is 92.5 Å². The number of hydrogen-bond donors (Lipinski definition) is 1. The van der Waals surface area contributed by atoms with E-state index in [0.29, 0.717) is 12.0 Å². The van der Waals surface area contributed by atoms with E-state index in [-0.39, 0.29) is 23.5 Å². The molecule has 3 aliphatic rings. The average Bonchev–Trinajstić information content (AvgIpc) is 3.16. The average molecular weight is 363 g/mol. The van der Waals surface area contributed by atoms with Gasteiger partial charge in [-0.3, -0.25) is 25.0 Å².